The summed E-state index contributed by atoms with van der Waals surface area (Å²) < 4.78 is 15.7. The van der Waals surface area contributed by atoms with E-state index < -0.39 is 0 Å². The maximum Gasteiger partial charge on any atom is 0.194 e. The summed E-state index contributed by atoms with van der Waals surface area (Å²) in [7, 11) is 0. The number of aryl methyl sites for hydroxylation is 2. The lowest BCUT2D eigenvalue weighted by atomic mass is 10.2. The zero-order valence-corrected chi connectivity index (χ0v) is 14.1. The Balaban J connectivity index is 1.67. The first-order valence-corrected chi connectivity index (χ1v) is 8.79. The molecule has 23 heavy (non-hydrogen) atoms. The van der Waals surface area contributed by atoms with Gasteiger partial charge in [0.2, 0.25) is 0 Å². The van der Waals surface area contributed by atoms with Crippen LogP contribution >= 0.6 is 22.7 Å². The van der Waals surface area contributed by atoms with E-state index in [0.29, 0.717) is 11.3 Å². The number of rotatable bonds is 3. The summed E-state index contributed by atoms with van der Waals surface area (Å²) in [4.78, 5) is 10.1. The van der Waals surface area contributed by atoms with Crippen LogP contribution in [0.25, 0.3) is 16.3 Å². The molecule has 0 aliphatic carbocycles. The van der Waals surface area contributed by atoms with Crippen LogP contribution < -0.4 is 5.32 Å². The molecule has 0 radical (unpaired) electrons. The molecule has 0 saturated heterocycles. The lowest BCUT2D eigenvalue weighted by molar-refractivity contribution is 0.619. The van der Waals surface area contributed by atoms with Crippen molar-refractivity contribution in [2.75, 3.05) is 5.32 Å². The van der Waals surface area contributed by atoms with E-state index in [4.69, 9.17) is 0 Å². The van der Waals surface area contributed by atoms with Crippen LogP contribution in [-0.4, -0.2) is 14.4 Å². The molecular weight excluding hydrogens is 331 g/mol. The van der Waals surface area contributed by atoms with Crippen LogP contribution in [-0.2, 0) is 0 Å². The Morgan fingerprint density at radius 3 is 2.87 bits per heavy atom. The van der Waals surface area contributed by atoms with Gasteiger partial charge in [-0.15, -0.1) is 22.7 Å². The standard InChI is InChI=1S/C16H13FN4S2/c1-9-3-4-11(7-12(9)17)19-15-20-13(8-23-15)14-10(2)18-16-21(14)5-6-22-16/h3-8H,1-2H3,(H,19,20). The third-order valence-electron chi connectivity index (χ3n) is 3.61. The van der Waals surface area contributed by atoms with Crippen molar-refractivity contribution in [3.63, 3.8) is 0 Å². The fraction of sp³-hybridized carbons (Fsp3) is 0.125. The average Bonchev–Trinajstić information content (AvgIpc) is 3.19. The zero-order chi connectivity index (χ0) is 16.0. The molecule has 116 valence electrons. The van der Waals surface area contributed by atoms with Crippen molar-refractivity contribution in [2.24, 2.45) is 0 Å². The smallest absolute Gasteiger partial charge is 0.194 e. The number of nitrogens with zero attached hydrogens (tertiary/aromatic N) is 3. The molecule has 0 aliphatic heterocycles. The van der Waals surface area contributed by atoms with Gasteiger partial charge in [-0.3, -0.25) is 4.40 Å². The molecule has 4 aromatic rings. The summed E-state index contributed by atoms with van der Waals surface area (Å²) in [5.74, 6) is -0.224. The predicted molar refractivity (Wildman–Crippen MR) is 93.3 cm³/mol. The summed E-state index contributed by atoms with van der Waals surface area (Å²) in [6.45, 7) is 3.73. The molecule has 0 bridgehead atoms. The molecule has 4 nitrogen and oxygen atoms in total. The molecule has 0 aliphatic rings. The van der Waals surface area contributed by atoms with E-state index in [1.54, 1.807) is 24.3 Å². The van der Waals surface area contributed by atoms with E-state index in [1.807, 2.05) is 34.3 Å². The molecule has 1 aromatic carbocycles. The Bertz CT molecular complexity index is 999. The van der Waals surface area contributed by atoms with Gasteiger partial charge in [-0.2, -0.15) is 0 Å². The zero-order valence-electron chi connectivity index (χ0n) is 12.5. The second kappa shape index (κ2) is 5.43. The summed E-state index contributed by atoms with van der Waals surface area (Å²) >= 11 is 3.09. The molecule has 4 rings (SSSR count). The molecule has 3 heterocycles. The number of fused-ring (bicyclic) bond motifs is 1. The largest absolute Gasteiger partial charge is 0.331 e. The van der Waals surface area contributed by atoms with Gasteiger partial charge in [-0.1, -0.05) is 6.07 Å². The van der Waals surface area contributed by atoms with Crippen LogP contribution in [0.1, 0.15) is 11.3 Å². The predicted octanol–water partition coefficient (Wildman–Crippen LogP) is 5.02. The molecule has 1 N–H and O–H groups in total. The van der Waals surface area contributed by atoms with Gasteiger partial charge in [0, 0.05) is 22.6 Å². The van der Waals surface area contributed by atoms with Gasteiger partial charge < -0.3 is 5.32 Å². The number of anilines is 2. The van der Waals surface area contributed by atoms with Crippen molar-refractivity contribution in [2.45, 2.75) is 13.8 Å². The molecule has 0 amide bonds. The minimum Gasteiger partial charge on any atom is -0.331 e. The maximum atomic E-state index is 13.6. The highest BCUT2D eigenvalue weighted by Crippen LogP contribution is 2.31. The quantitative estimate of drug-likeness (QED) is 0.567. The SMILES string of the molecule is Cc1ccc(Nc2nc(-c3c(C)nc4sccn34)cs2)cc1F. The van der Waals surface area contributed by atoms with E-state index in [-0.39, 0.29) is 5.82 Å². The monoisotopic (exact) mass is 344 g/mol. The van der Waals surface area contributed by atoms with Crippen molar-refractivity contribution in [3.8, 4) is 11.4 Å². The number of aromatic nitrogens is 3. The van der Waals surface area contributed by atoms with Crippen LogP contribution in [0.2, 0.25) is 0 Å². The molecule has 7 heteroatoms. The van der Waals surface area contributed by atoms with Crippen LogP contribution in [0.3, 0.4) is 0 Å². The third kappa shape index (κ3) is 2.51. The first-order valence-electron chi connectivity index (χ1n) is 7.03. The maximum absolute atomic E-state index is 13.6. The minimum absolute atomic E-state index is 0.224. The lowest BCUT2D eigenvalue weighted by Crippen LogP contribution is -1.92. The van der Waals surface area contributed by atoms with Crippen molar-refractivity contribution in [3.05, 3.63) is 52.2 Å². The Morgan fingerprint density at radius 2 is 2.04 bits per heavy atom. The summed E-state index contributed by atoms with van der Waals surface area (Å²) in [5, 5.41) is 7.88. The molecule has 0 fully saturated rings. The molecule has 0 unspecified atom stereocenters. The molecule has 3 aromatic heterocycles. The van der Waals surface area contributed by atoms with E-state index in [2.05, 4.69) is 15.3 Å². The lowest BCUT2D eigenvalue weighted by Gasteiger charge is -2.04. The fourth-order valence-electron chi connectivity index (χ4n) is 2.44. The topological polar surface area (TPSA) is 42.2 Å². The van der Waals surface area contributed by atoms with Crippen molar-refractivity contribution in [1.29, 1.82) is 0 Å². The Hall–Kier alpha value is -2.25. The molecule has 0 spiro atoms. The van der Waals surface area contributed by atoms with E-state index in [0.717, 1.165) is 27.2 Å². The van der Waals surface area contributed by atoms with Crippen LogP contribution in [0.5, 0.6) is 0 Å². The van der Waals surface area contributed by atoms with E-state index in [1.165, 1.54) is 17.4 Å². The summed E-state index contributed by atoms with van der Waals surface area (Å²) in [6.07, 6.45) is 2.00. The van der Waals surface area contributed by atoms with Crippen LogP contribution in [0.4, 0.5) is 15.2 Å². The number of thiazole rings is 2. The first-order chi connectivity index (χ1) is 11.1. The molecular formula is C16H13FN4S2. The van der Waals surface area contributed by atoms with E-state index in [9.17, 15) is 4.39 Å². The number of hydrogen-bond acceptors (Lipinski definition) is 5. The third-order valence-corrected chi connectivity index (χ3v) is 5.12. The Kier molecular flexibility index (Phi) is 3.39. The summed E-state index contributed by atoms with van der Waals surface area (Å²) in [5.41, 5.74) is 4.15. The van der Waals surface area contributed by atoms with Gasteiger partial charge in [-0.05, 0) is 31.5 Å². The van der Waals surface area contributed by atoms with E-state index >= 15 is 0 Å². The van der Waals surface area contributed by atoms with Gasteiger partial charge in [-0.25, -0.2) is 14.4 Å². The van der Waals surface area contributed by atoms with Crippen LogP contribution in [0, 0.1) is 19.7 Å². The van der Waals surface area contributed by atoms with Crippen LogP contribution in [0.15, 0.2) is 35.2 Å². The second-order valence-electron chi connectivity index (χ2n) is 5.23. The Labute approximate surface area is 140 Å². The Morgan fingerprint density at radius 1 is 1.17 bits per heavy atom. The van der Waals surface area contributed by atoms with Gasteiger partial charge in [0.25, 0.3) is 0 Å². The van der Waals surface area contributed by atoms with Gasteiger partial charge in [0.15, 0.2) is 10.1 Å². The van der Waals surface area contributed by atoms with Gasteiger partial charge in [0.1, 0.15) is 11.5 Å². The average molecular weight is 344 g/mol. The second-order valence-corrected chi connectivity index (χ2v) is 6.96. The highest BCUT2D eigenvalue weighted by atomic mass is 32.1. The fourth-order valence-corrected chi connectivity index (χ4v) is 3.91. The summed E-state index contributed by atoms with van der Waals surface area (Å²) in [6, 6.07) is 5.08. The normalized spacial score (nSPS) is 11.3. The number of hydrogen-bond donors (Lipinski definition) is 1. The van der Waals surface area contributed by atoms with Gasteiger partial charge >= 0.3 is 0 Å². The van der Waals surface area contributed by atoms with Crippen molar-refractivity contribution in [1.82, 2.24) is 14.4 Å². The highest BCUT2D eigenvalue weighted by Gasteiger charge is 2.15. The van der Waals surface area contributed by atoms with Crippen molar-refractivity contribution >= 4 is 38.5 Å². The first kappa shape index (κ1) is 14.3. The number of benzene rings is 1. The van der Waals surface area contributed by atoms with Gasteiger partial charge in [0.05, 0.1) is 11.4 Å². The number of halogens is 1. The number of nitrogens with one attached hydrogen (secondary N) is 1. The molecule has 0 atom stereocenters. The van der Waals surface area contributed by atoms with Crippen molar-refractivity contribution < 1.29 is 4.39 Å². The highest BCUT2D eigenvalue weighted by molar-refractivity contribution is 7.15. The minimum atomic E-state index is -0.224. The molecule has 0 saturated carbocycles. The number of imidazole rings is 1.